The predicted octanol–water partition coefficient (Wildman–Crippen LogP) is 1.56. The molecule has 10 atom stereocenters. The molecular formula is C24H35NO10. The number of nitrogens with zero attached hydrogens (tertiary/aromatic N) is 1. The van der Waals surface area contributed by atoms with Gasteiger partial charge in [0.1, 0.15) is 6.04 Å². The monoisotopic (exact) mass is 497 g/mol. The molecule has 11 nitrogen and oxygen atoms in total. The van der Waals surface area contributed by atoms with Crippen LogP contribution in [0.15, 0.2) is 0 Å². The highest BCUT2D eigenvalue weighted by Gasteiger charge is 2.69. The molecule has 1 spiro atoms. The number of aliphatic carboxylic acids is 1. The van der Waals surface area contributed by atoms with Crippen LogP contribution in [0.1, 0.15) is 65.7 Å². The summed E-state index contributed by atoms with van der Waals surface area (Å²) < 4.78 is 18.2. The smallest absolute Gasteiger partial charge is 0.326 e. The number of rotatable bonds is 5. The second-order valence-electron chi connectivity index (χ2n) is 11.1. The van der Waals surface area contributed by atoms with Gasteiger partial charge in [-0.2, -0.15) is 0 Å². The van der Waals surface area contributed by atoms with E-state index < -0.39 is 54.0 Å². The van der Waals surface area contributed by atoms with Crippen LogP contribution in [-0.4, -0.2) is 75.6 Å². The van der Waals surface area contributed by atoms with E-state index in [1.54, 1.807) is 0 Å². The molecule has 5 aliphatic heterocycles. The summed E-state index contributed by atoms with van der Waals surface area (Å²) >= 11 is 0. The van der Waals surface area contributed by atoms with Crippen LogP contribution in [0, 0.1) is 23.7 Å². The number of hydrogen-bond donors (Lipinski definition) is 2. The first-order chi connectivity index (χ1) is 16.5. The molecule has 35 heavy (non-hydrogen) atoms. The third kappa shape index (κ3) is 4.15. The number of carbonyl (C=O) groups excluding carboxylic acids is 2. The Morgan fingerprint density at radius 1 is 1.09 bits per heavy atom. The van der Waals surface area contributed by atoms with Gasteiger partial charge in [0.05, 0.1) is 12.5 Å². The molecule has 5 heterocycles. The van der Waals surface area contributed by atoms with E-state index in [0.717, 1.165) is 24.2 Å². The number of hydrogen-bond acceptors (Lipinski definition) is 9. The zero-order chi connectivity index (χ0) is 25.1. The van der Waals surface area contributed by atoms with Crippen molar-refractivity contribution in [3.63, 3.8) is 0 Å². The first-order valence-corrected chi connectivity index (χ1v) is 12.6. The highest BCUT2D eigenvalue weighted by molar-refractivity contribution is 5.86. The van der Waals surface area contributed by atoms with Crippen molar-refractivity contribution in [2.45, 2.75) is 102 Å². The largest absolute Gasteiger partial charge is 0.480 e. The lowest BCUT2D eigenvalue weighted by molar-refractivity contribution is -0.576. The summed E-state index contributed by atoms with van der Waals surface area (Å²) in [5.74, 6) is -2.78. The molecule has 196 valence electrons. The lowest BCUT2D eigenvalue weighted by atomic mass is 9.58. The normalized spacial score (nSPS) is 46.6. The van der Waals surface area contributed by atoms with Crippen LogP contribution in [0.4, 0.5) is 0 Å². The number of carboxylic acids is 1. The topological polar surface area (TPSA) is 141 Å². The number of aliphatic hydroxyl groups is 1. The third-order valence-corrected chi connectivity index (χ3v) is 8.77. The van der Waals surface area contributed by atoms with Gasteiger partial charge in [-0.25, -0.2) is 14.6 Å². The lowest BCUT2D eigenvalue weighted by Crippen LogP contribution is -2.70. The molecule has 6 rings (SSSR count). The van der Waals surface area contributed by atoms with Gasteiger partial charge in [0.25, 0.3) is 0 Å². The first kappa shape index (κ1) is 24.9. The van der Waals surface area contributed by atoms with Gasteiger partial charge >= 0.3 is 11.9 Å². The number of ether oxygens (including phenoxy) is 3. The molecule has 0 aromatic carbocycles. The van der Waals surface area contributed by atoms with Crippen LogP contribution in [0.25, 0.3) is 0 Å². The molecule has 6 fully saturated rings. The minimum absolute atomic E-state index is 0.00643. The standard InChI is InChI=1S/C24H35NO10/c1-12-4-5-16-13(2)21(32-22-24(16)15(12)8-9-23(3,33-22)34-35-24)31-19(28)7-6-18(27)25-11-14(26)10-17(25)20(29)30/h12-17,21-22,26H,4-11H2,1-3H3,(H,29,30)/t12-,13-,14+,15+,16+,17-,21-,22-,23+,24-/m1/s1. The molecule has 0 aromatic rings. The fraction of sp³-hybridized carbons (Fsp3) is 0.875. The fourth-order valence-corrected chi connectivity index (χ4v) is 6.87. The Morgan fingerprint density at radius 2 is 1.86 bits per heavy atom. The second kappa shape index (κ2) is 8.95. The number of fused-ring (bicyclic) bond motifs is 2. The summed E-state index contributed by atoms with van der Waals surface area (Å²) in [5.41, 5.74) is -0.756. The van der Waals surface area contributed by atoms with Crippen molar-refractivity contribution in [3.8, 4) is 0 Å². The molecule has 1 amide bonds. The van der Waals surface area contributed by atoms with Crippen LogP contribution < -0.4 is 0 Å². The molecule has 2 bridgehead atoms. The highest BCUT2D eigenvalue weighted by Crippen LogP contribution is 2.60. The van der Waals surface area contributed by atoms with E-state index in [2.05, 4.69) is 6.92 Å². The Morgan fingerprint density at radius 3 is 2.60 bits per heavy atom. The molecular weight excluding hydrogens is 462 g/mol. The summed E-state index contributed by atoms with van der Waals surface area (Å²) in [7, 11) is 0. The van der Waals surface area contributed by atoms with Gasteiger partial charge in [0, 0.05) is 37.6 Å². The minimum atomic E-state index is -1.17. The molecule has 6 aliphatic rings. The quantitative estimate of drug-likeness (QED) is 0.425. The van der Waals surface area contributed by atoms with Crippen molar-refractivity contribution in [2.24, 2.45) is 23.7 Å². The number of carboxylic acid groups (broad SMARTS) is 1. The van der Waals surface area contributed by atoms with Gasteiger partial charge in [-0.1, -0.05) is 13.8 Å². The summed E-state index contributed by atoms with van der Waals surface area (Å²) in [6, 6.07) is -1.08. The van der Waals surface area contributed by atoms with E-state index in [-0.39, 0.29) is 43.6 Å². The van der Waals surface area contributed by atoms with Gasteiger partial charge in [-0.3, -0.25) is 9.59 Å². The van der Waals surface area contributed by atoms with Gasteiger partial charge in [0.15, 0.2) is 11.9 Å². The molecule has 0 aromatic heterocycles. The number of β-amino-alcohol motifs (C(OH)–C–C–N with tert-alkyl or cyclic N) is 1. The number of aliphatic hydroxyl groups excluding tert-OH is 1. The molecule has 11 heteroatoms. The van der Waals surface area contributed by atoms with Gasteiger partial charge in [-0.15, -0.1) is 0 Å². The minimum Gasteiger partial charge on any atom is -0.480 e. The van der Waals surface area contributed by atoms with E-state index in [1.165, 1.54) is 0 Å². The molecule has 1 aliphatic carbocycles. The maximum Gasteiger partial charge on any atom is 0.326 e. The van der Waals surface area contributed by atoms with E-state index >= 15 is 0 Å². The third-order valence-electron chi connectivity index (χ3n) is 8.77. The van der Waals surface area contributed by atoms with Gasteiger partial charge in [-0.05, 0) is 38.0 Å². The molecule has 0 unspecified atom stereocenters. The predicted molar refractivity (Wildman–Crippen MR) is 116 cm³/mol. The van der Waals surface area contributed by atoms with Crippen molar-refractivity contribution in [1.82, 2.24) is 4.90 Å². The number of carbonyl (C=O) groups is 3. The van der Waals surface area contributed by atoms with Crippen LogP contribution in [0.5, 0.6) is 0 Å². The van der Waals surface area contributed by atoms with Crippen LogP contribution in [0.3, 0.4) is 0 Å². The zero-order valence-electron chi connectivity index (χ0n) is 20.4. The Bertz CT molecular complexity index is 882. The van der Waals surface area contributed by atoms with Crippen molar-refractivity contribution in [3.05, 3.63) is 0 Å². The summed E-state index contributed by atoms with van der Waals surface area (Å²) in [5, 5.41) is 19.1. The van der Waals surface area contributed by atoms with Crippen molar-refractivity contribution in [1.29, 1.82) is 0 Å². The van der Waals surface area contributed by atoms with Gasteiger partial charge in [0.2, 0.25) is 18.0 Å². The number of amides is 1. The summed E-state index contributed by atoms with van der Waals surface area (Å²) in [4.78, 5) is 49.6. The average Bonchev–Trinajstić information content (AvgIpc) is 3.06. The maximum atomic E-state index is 12.7. The Labute approximate surface area is 203 Å². The van der Waals surface area contributed by atoms with E-state index in [4.69, 9.17) is 24.0 Å². The second-order valence-corrected chi connectivity index (χ2v) is 11.1. The average molecular weight is 498 g/mol. The van der Waals surface area contributed by atoms with Crippen molar-refractivity contribution >= 4 is 17.8 Å². The van der Waals surface area contributed by atoms with Crippen molar-refractivity contribution in [2.75, 3.05) is 6.54 Å². The Kier molecular flexibility index (Phi) is 6.36. The van der Waals surface area contributed by atoms with E-state index in [1.807, 2.05) is 13.8 Å². The number of esters is 1. The first-order valence-electron chi connectivity index (χ1n) is 12.6. The van der Waals surface area contributed by atoms with Crippen LogP contribution >= 0.6 is 0 Å². The Hall–Kier alpha value is -1.79. The Balaban J connectivity index is 1.24. The van der Waals surface area contributed by atoms with Crippen LogP contribution in [0.2, 0.25) is 0 Å². The van der Waals surface area contributed by atoms with Gasteiger partial charge < -0.3 is 29.3 Å². The molecule has 1 saturated carbocycles. The number of likely N-dealkylation sites (tertiary alicyclic amines) is 1. The molecule has 2 N–H and O–H groups in total. The molecule has 0 radical (unpaired) electrons. The van der Waals surface area contributed by atoms with Crippen molar-refractivity contribution < 1.29 is 48.6 Å². The highest BCUT2D eigenvalue weighted by atomic mass is 17.3. The zero-order valence-corrected chi connectivity index (χ0v) is 20.4. The summed E-state index contributed by atoms with van der Waals surface area (Å²) in [6.07, 6.45) is 0.530. The fourth-order valence-electron chi connectivity index (χ4n) is 6.87. The summed E-state index contributed by atoms with van der Waals surface area (Å²) in [6.45, 7) is 5.96. The van der Waals surface area contributed by atoms with Crippen LogP contribution in [-0.2, 0) is 38.4 Å². The maximum absolute atomic E-state index is 12.7. The van der Waals surface area contributed by atoms with E-state index in [0.29, 0.717) is 12.3 Å². The SMILES string of the molecule is C[C@H]1[C@H](OC(=O)CCC(=O)N2C[C@@H](O)C[C@@H]2C(=O)O)O[C@@H]2O[C@]3(C)CC[C@H]4[C@H](C)CC[C@@H]1[C@@]24OO3. The lowest BCUT2D eigenvalue weighted by Gasteiger charge is -2.59. The van der Waals surface area contributed by atoms with E-state index in [9.17, 15) is 24.6 Å². The molecule has 5 saturated heterocycles.